The number of nitrogens with one attached hydrogen (secondary N) is 1. The van der Waals surface area contributed by atoms with Gasteiger partial charge in [-0.1, -0.05) is 164 Å². The molecule has 1 atom stereocenters. The summed E-state index contributed by atoms with van der Waals surface area (Å²) in [5.74, 6) is 0.871. The van der Waals surface area contributed by atoms with Crippen molar-refractivity contribution in [1.29, 1.82) is 0 Å². The fourth-order valence-corrected chi connectivity index (χ4v) is 12.1. The number of benzene rings is 10. The van der Waals surface area contributed by atoms with Gasteiger partial charge < -0.3 is 14.3 Å². The zero-order chi connectivity index (χ0) is 43.8. The molecule has 15 rings (SSSR count). The molecule has 0 fully saturated rings. The van der Waals surface area contributed by atoms with Gasteiger partial charge in [-0.3, -0.25) is 4.99 Å². The first kappa shape index (κ1) is 36.6. The highest BCUT2D eigenvalue weighted by atomic mass is 16.3. The number of rotatable bonds is 4. The molecule has 3 aliphatic rings. The van der Waals surface area contributed by atoms with Gasteiger partial charge in [0.2, 0.25) is 0 Å². The smallest absolute Gasteiger partial charge is 0.135 e. The van der Waals surface area contributed by atoms with Crippen LogP contribution in [0.15, 0.2) is 234 Å². The summed E-state index contributed by atoms with van der Waals surface area (Å²) in [5, 5.41) is 8.49. The monoisotopic (exact) mass is 853 g/mol. The molecule has 0 saturated heterocycles. The van der Waals surface area contributed by atoms with Gasteiger partial charge in [-0.05, 0) is 122 Å². The first-order chi connectivity index (χ1) is 33.2. The molecule has 1 aliphatic heterocycles. The third-order valence-corrected chi connectivity index (χ3v) is 14.9. The predicted octanol–water partition coefficient (Wildman–Crippen LogP) is 15.7. The van der Waals surface area contributed by atoms with Gasteiger partial charge in [-0.25, -0.2) is 0 Å². The van der Waals surface area contributed by atoms with Gasteiger partial charge in [0.05, 0.1) is 16.4 Å². The molecule has 4 nitrogen and oxygen atoms in total. The Morgan fingerprint density at radius 1 is 0.433 bits per heavy atom. The summed E-state index contributed by atoms with van der Waals surface area (Å²) in [6.07, 6.45) is 0. The summed E-state index contributed by atoms with van der Waals surface area (Å²) in [6, 6.07) is 81.6. The van der Waals surface area contributed by atoms with Crippen LogP contribution in [-0.2, 0) is 5.41 Å². The number of aliphatic imine (C=N–C) groups is 1. The van der Waals surface area contributed by atoms with E-state index in [9.17, 15) is 0 Å². The van der Waals surface area contributed by atoms with Crippen molar-refractivity contribution in [2.45, 2.75) is 11.5 Å². The van der Waals surface area contributed by atoms with Crippen LogP contribution in [0, 0.1) is 0 Å². The van der Waals surface area contributed by atoms with Crippen molar-refractivity contribution in [3.05, 3.63) is 263 Å². The third-order valence-electron chi connectivity index (χ3n) is 14.9. The van der Waals surface area contributed by atoms with Crippen LogP contribution in [-0.4, -0.2) is 10.4 Å². The van der Waals surface area contributed by atoms with Crippen LogP contribution in [0.25, 0.3) is 82.8 Å². The Morgan fingerprint density at radius 3 is 1.82 bits per heavy atom. The van der Waals surface area contributed by atoms with Gasteiger partial charge >= 0.3 is 0 Å². The largest absolute Gasteiger partial charge is 0.456 e. The Kier molecular flexibility index (Phi) is 7.45. The molecule has 2 aromatic heterocycles. The highest BCUT2D eigenvalue weighted by Crippen LogP contribution is 2.63. The van der Waals surface area contributed by atoms with Crippen LogP contribution >= 0.6 is 0 Å². The Labute approximate surface area is 386 Å². The molecule has 0 saturated carbocycles. The predicted molar refractivity (Wildman–Crippen MR) is 275 cm³/mol. The van der Waals surface area contributed by atoms with Crippen molar-refractivity contribution in [1.82, 2.24) is 4.57 Å². The normalized spacial score (nSPS) is 15.0. The van der Waals surface area contributed by atoms with Crippen LogP contribution in [0.3, 0.4) is 0 Å². The number of para-hydroxylation sites is 3. The molecule has 10 aromatic carbocycles. The van der Waals surface area contributed by atoms with E-state index in [0.717, 1.165) is 61.4 Å². The van der Waals surface area contributed by atoms with Crippen LogP contribution in [0.1, 0.15) is 45.0 Å². The number of amidine groups is 1. The number of fused-ring (bicyclic) bond motifs is 17. The molecule has 3 heterocycles. The molecule has 67 heavy (non-hydrogen) atoms. The minimum Gasteiger partial charge on any atom is -0.456 e. The zero-order valence-electron chi connectivity index (χ0n) is 36.2. The number of hydrogen-bond donors (Lipinski definition) is 1. The molecule has 1 N–H and O–H groups in total. The van der Waals surface area contributed by atoms with Gasteiger partial charge in [-0.2, -0.15) is 0 Å². The lowest BCUT2D eigenvalue weighted by Crippen LogP contribution is -2.26. The highest BCUT2D eigenvalue weighted by molar-refractivity contribution is 6.16. The molecule has 4 heteroatoms. The first-order valence-corrected chi connectivity index (χ1v) is 23.1. The van der Waals surface area contributed by atoms with Crippen molar-refractivity contribution >= 4 is 55.3 Å². The van der Waals surface area contributed by atoms with E-state index in [2.05, 4.69) is 234 Å². The summed E-state index contributed by atoms with van der Waals surface area (Å²) in [6.45, 7) is 0. The van der Waals surface area contributed by atoms with Crippen LogP contribution < -0.4 is 5.32 Å². The van der Waals surface area contributed by atoms with Gasteiger partial charge in [0.25, 0.3) is 0 Å². The van der Waals surface area contributed by atoms with Gasteiger partial charge in [0, 0.05) is 44.0 Å². The SMILES string of the molecule is c1ccc(-n2c3ccccc3c3cc(-c4ccc5oc6ccc(C7N=C(c8cccc9c8-c8ccccc8C98c9ccccc9-c9ccccc98)Nc8ccccc87)cc6c5c4)ccc32)cc1. The second-order valence-electron chi connectivity index (χ2n) is 18.2. The Bertz CT molecular complexity index is 4050. The molecule has 2 aliphatic carbocycles. The standard InChI is InChI=1S/C63H39N3O/c1-2-15-41(16-3-1)66-56-28-13-8-19-44(56)48-35-38(29-32-57(48)66)39-30-33-58-49(36-39)50-37-40(31-34-59(50)67-58)61-46-21-7-12-27-55(46)64-62(65-61)47-22-14-26-54-60(47)45-20-6-11-25-53(45)63(54)51-23-9-4-17-42(51)43-18-5-10-24-52(43)63/h1-37,61H,(H,64,65). The molecule has 0 radical (unpaired) electrons. The Balaban J connectivity index is 0.877. The van der Waals surface area contributed by atoms with Crippen molar-refractivity contribution in [3.8, 4) is 39.1 Å². The Hall–Kier alpha value is -8.73. The van der Waals surface area contributed by atoms with Gasteiger partial charge in [0.15, 0.2) is 0 Å². The van der Waals surface area contributed by atoms with Crippen LogP contribution in [0.2, 0.25) is 0 Å². The fourth-order valence-electron chi connectivity index (χ4n) is 12.1. The molecular weight excluding hydrogens is 815 g/mol. The summed E-state index contributed by atoms with van der Waals surface area (Å²) >= 11 is 0. The molecule has 12 aromatic rings. The maximum absolute atomic E-state index is 6.55. The quantitative estimate of drug-likeness (QED) is 0.192. The van der Waals surface area contributed by atoms with Crippen LogP contribution in [0.4, 0.5) is 5.69 Å². The van der Waals surface area contributed by atoms with Crippen molar-refractivity contribution < 1.29 is 4.42 Å². The molecule has 0 amide bonds. The van der Waals surface area contributed by atoms with E-state index < -0.39 is 5.41 Å². The van der Waals surface area contributed by atoms with Crippen LogP contribution in [0.5, 0.6) is 0 Å². The third kappa shape index (κ3) is 4.99. The average Bonchev–Trinajstić information content (AvgIpc) is 4.12. The van der Waals surface area contributed by atoms with Crippen molar-refractivity contribution in [2.75, 3.05) is 5.32 Å². The fraction of sp³-hybridized carbons (Fsp3) is 0.0317. The molecular formula is C63H39N3O. The maximum Gasteiger partial charge on any atom is 0.135 e. The highest BCUT2D eigenvalue weighted by Gasteiger charge is 2.52. The molecule has 1 unspecified atom stereocenters. The van der Waals surface area contributed by atoms with Gasteiger partial charge in [-0.15, -0.1) is 0 Å². The van der Waals surface area contributed by atoms with E-state index in [1.165, 1.54) is 71.9 Å². The van der Waals surface area contributed by atoms with Gasteiger partial charge in [0.1, 0.15) is 23.0 Å². The van der Waals surface area contributed by atoms with E-state index in [4.69, 9.17) is 9.41 Å². The topological polar surface area (TPSA) is 42.5 Å². The van der Waals surface area contributed by atoms with Crippen molar-refractivity contribution in [2.24, 2.45) is 4.99 Å². The lowest BCUT2D eigenvalue weighted by Gasteiger charge is -2.31. The first-order valence-electron chi connectivity index (χ1n) is 23.1. The molecule has 0 bridgehead atoms. The number of furan rings is 1. The van der Waals surface area contributed by atoms with E-state index >= 15 is 0 Å². The van der Waals surface area contributed by atoms with E-state index in [0.29, 0.717) is 0 Å². The minimum atomic E-state index is -0.430. The maximum atomic E-state index is 6.55. The zero-order valence-corrected chi connectivity index (χ0v) is 36.2. The number of anilines is 1. The summed E-state index contributed by atoms with van der Waals surface area (Å²) < 4.78 is 8.92. The summed E-state index contributed by atoms with van der Waals surface area (Å²) in [7, 11) is 0. The van der Waals surface area contributed by atoms with E-state index in [-0.39, 0.29) is 6.04 Å². The second kappa shape index (κ2) is 13.6. The Morgan fingerprint density at radius 2 is 1.01 bits per heavy atom. The molecule has 1 spiro atoms. The molecule has 312 valence electrons. The lowest BCUT2D eigenvalue weighted by atomic mass is 9.70. The second-order valence-corrected chi connectivity index (χ2v) is 18.2. The number of hydrogen-bond acceptors (Lipinski definition) is 3. The number of aromatic nitrogens is 1. The van der Waals surface area contributed by atoms with Crippen molar-refractivity contribution in [3.63, 3.8) is 0 Å². The van der Waals surface area contributed by atoms with E-state index in [1.54, 1.807) is 0 Å². The average molecular weight is 854 g/mol. The minimum absolute atomic E-state index is 0.247. The lowest BCUT2D eigenvalue weighted by molar-refractivity contribution is 0.668. The summed E-state index contributed by atoms with van der Waals surface area (Å²) in [5.41, 5.74) is 22.0. The van der Waals surface area contributed by atoms with E-state index in [1.807, 2.05) is 0 Å². The number of nitrogens with zero attached hydrogens (tertiary/aromatic N) is 2. The summed E-state index contributed by atoms with van der Waals surface area (Å²) in [4.78, 5) is 5.70.